The zero-order valence-electron chi connectivity index (χ0n) is 14.4. The summed E-state index contributed by atoms with van der Waals surface area (Å²) in [5.74, 6) is -0.210. The van der Waals surface area contributed by atoms with Crippen molar-refractivity contribution in [3.8, 4) is 11.3 Å². The van der Waals surface area contributed by atoms with Gasteiger partial charge in [0.2, 0.25) is 0 Å². The summed E-state index contributed by atoms with van der Waals surface area (Å²) in [6.45, 7) is 4.58. The maximum atomic E-state index is 12.6. The molecule has 0 aliphatic carbocycles. The molecule has 0 bridgehead atoms. The van der Waals surface area contributed by atoms with Crippen molar-refractivity contribution in [3.63, 3.8) is 0 Å². The lowest BCUT2D eigenvalue weighted by molar-refractivity contribution is 0.0929. The molecule has 0 atom stereocenters. The molecule has 3 aromatic rings. The van der Waals surface area contributed by atoms with E-state index in [1.807, 2.05) is 50.2 Å². The van der Waals surface area contributed by atoms with Crippen LogP contribution >= 0.6 is 0 Å². The Balaban J connectivity index is 1.88. The summed E-state index contributed by atoms with van der Waals surface area (Å²) in [6.07, 6.45) is 3.85. The first-order chi connectivity index (χ1) is 12.0. The number of hydrogen-bond acceptors (Lipinski definition) is 4. The molecule has 0 radical (unpaired) electrons. The van der Waals surface area contributed by atoms with Crippen LogP contribution in [0.4, 0.5) is 0 Å². The molecule has 0 saturated heterocycles. The first-order valence-corrected chi connectivity index (χ1v) is 8.29. The summed E-state index contributed by atoms with van der Waals surface area (Å²) in [6, 6.07) is 11.7. The molecule has 6 nitrogen and oxygen atoms in total. The van der Waals surface area contributed by atoms with Crippen LogP contribution in [-0.2, 0) is 0 Å². The minimum Gasteiger partial charge on any atom is -0.396 e. The molecule has 0 aliphatic heterocycles. The average Bonchev–Trinajstić information content (AvgIpc) is 3.04. The highest BCUT2D eigenvalue weighted by Gasteiger charge is 2.21. The molecule has 0 fully saturated rings. The Morgan fingerprint density at radius 3 is 2.72 bits per heavy atom. The number of nitrogens with zero attached hydrogens (tertiary/aromatic N) is 3. The quantitative estimate of drug-likeness (QED) is 0.724. The van der Waals surface area contributed by atoms with Crippen LogP contribution < -0.4 is 5.32 Å². The largest absolute Gasteiger partial charge is 0.396 e. The van der Waals surface area contributed by atoms with Gasteiger partial charge in [0, 0.05) is 24.9 Å². The maximum Gasteiger partial charge on any atom is 0.256 e. The molecule has 2 aromatic heterocycles. The molecular formula is C19H22N4O2. The van der Waals surface area contributed by atoms with Gasteiger partial charge in [0.1, 0.15) is 5.56 Å². The Morgan fingerprint density at radius 1 is 1.24 bits per heavy atom. The Morgan fingerprint density at radius 2 is 2.00 bits per heavy atom. The van der Waals surface area contributed by atoms with Crippen molar-refractivity contribution in [2.24, 2.45) is 5.41 Å². The normalized spacial score (nSPS) is 11.6. The van der Waals surface area contributed by atoms with Gasteiger partial charge < -0.3 is 10.4 Å². The van der Waals surface area contributed by atoms with E-state index in [0.717, 1.165) is 11.3 Å². The predicted molar refractivity (Wildman–Crippen MR) is 96.2 cm³/mol. The van der Waals surface area contributed by atoms with Crippen molar-refractivity contribution in [2.75, 3.05) is 13.2 Å². The number of benzene rings is 1. The zero-order valence-corrected chi connectivity index (χ0v) is 14.4. The van der Waals surface area contributed by atoms with Crippen molar-refractivity contribution in [2.45, 2.75) is 20.3 Å². The highest BCUT2D eigenvalue weighted by atomic mass is 16.3. The standard InChI is InChI=1S/C19H22N4O2/c1-19(2,9-11-24)13-21-18(25)15-12-22-23-16(8-10-20-17(15)23)14-6-4-3-5-7-14/h3-8,10,12,24H,9,11,13H2,1-2H3,(H,21,25). The average molecular weight is 338 g/mol. The molecule has 2 heterocycles. The van der Waals surface area contributed by atoms with Crippen LogP contribution in [0.2, 0.25) is 0 Å². The molecule has 6 heteroatoms. The van der Waals surface area contributed by atoms with E-state index in [-0.39, 0.29) is 17.9 Å². The van der Waals surface area contributed by atoms with Gasteiger partial charge in [-0.15, -0.1) is 0 Å². The number of aliphatic hydroxyl groups excluding tert-OH is 1. The second-order valence-corrected chi connectivity index (χ2v) is 6.81. The highest BCUT2D eigenvalue weighted by molar-refractivity contribution is 5.99. The molecule has 1 amide bonds. The molecule has 1 aromatic carbocycles. The van der Waals surface area contributed by atoms with Crippen LogP contribution in [0, 0.1) is 5.41 Å². The summed E-state index contributed by atoms with van der Waals surface area (Å²) in [4.78, 5) is 16.9. The fraction of sp³-hybridized carbons (Fsp3) is 0.316. The van der Waals surface area contributed by atoms with Gasteiger partial charge in [0.05, 0.1) is 11.9 Å². The Hall–Kier alpha value is -2.73. The summed E-state index contributed by atoms with van der Waals surface area (Å²) >= 11 is 0. The van der Waals surface area contributed by atoms with Gasteiger partial charge in [-0.25, -0.2) is 9.50 Å². The Labute approximate surface area is 146 Å². The van der Waals surface area contributed by atoms with E-state index < -0.39 is 0 Å². The molecule has 2 N–H and O–H groups in total. The van der Waals surface area contributed by atoms with Gasteiger partial charge in [0.25, 0.3) is 5.91 Å². The second-order valence-electron chi connectivity index (χ2n) is 6.81. The fourth-order valence-corrected chi connectivity index (χ4v) is 2.69. The number of carbonyl (C=O) groups excluding carboxylic acids is 1. The summed E-state index contributed by atoms with van der Waals surface area (Å²) in [7, 11) is 0. The molecular weight excluding hydrogens is 316 g/mol. The first-order valence-electron chi connectivity index (χ1n) is 8.29. The van der Waals surface area contributed by atoms with Gasteiger partial charge in [-0.3, -0.25) is 4.79 Å². The zero-order chi connectivity index (χ0) is 17.9. The summed E-state index contributed by atoms with van der Waals surface area (Å²) in [5, 5.41) is 16.4. The number of amides is 1. The predicted octanol–water partition coefficient (Wildman–Crippen LogP) is 2.53. The third-order valence-corrected chi connectivity index (χ3v) is 4.23. The lowest BCUT2D eigenvalue weighted by atomic mass is 9.90. The van der Waals surface area contributed by atoms with Crippen molar-refractivity contribution in [3.05, 3.63) is 54.4 Å². The summed E-state index contributed by atoms with van der Waals surface area (Å²) in [5.41, 5.74) is 2.69. The van der Waals surface area contributed by atoms with E-state index in [1.165, 1.54) is 0 Å². The third-order valence-electron chi connectivity index (χ3n) is 4.23. The Bertz CT molecular complexity index is 872. The van der Waals surface area contributed by atoms with E-state index in [4.69, 9.17) is 5.11 Å². The smallest absolute Gasteiger partial charge is 0.256 e. The summed E-state index contributed by atoms with van der Waals surface area (Å²) < 4.78 is 1.68. The van der Waals surface area contributed by atoms with Crippen LogP contribution in [0.1, 0.15) is 30.6 Å². The van der Waals surface area contributed by atoms with Crippen LogP contribution in [0.3, 0.4) is 0 Å². The van der Waals surface area contributed by atoms with Crippen molar-refractivity contribution in [1.29, 1.82) is 0 Å². The molecule has 0 aliphatic rings. The molecule has 0 spiro atoms. The lowest BCUT2D eigenvalue weighted by Gasteiger charge is -2.23. The molecule has 0 saturated carbocycles. The van der Waals surface area contributed by atoms with Gasteiger partial charge in [0.15, 0.2) is 5.65 Å². The Kier molecular flexibility index (Phi) is 4.81. The topological polar surface area (TPSA) is 79.5 Å². The van der Waals surface area contributed by atoms with E-state index in [9.17, 15) is 4.79 Å². The lowest BCUT2D eigenvalue weighted by Crippen LogP contribution is -2.34. The first kappa shape index (κ1) is 17.1. The SMILES string of the molecule is CC(C)(CCO)CNC(=O)c1cnn2c(-c3ccccc3)ccnc12. The van der Waals surface area contributed by atoms with Crippen molar-refractivity contribution < 1.29 is 9.90 Å². The minimum atomic E-state index is -0.210. The van der Waals surface area contributed by atoms with Crippen molar-refractivity contribution in [1.82, 2.24) is 19.9 Å². The van der Waals surface area contributed by atoms with E-state index >= 15 is 0 Å². The number of aromatic nitrogens is 3. The van der Waals surface area contributed by atoms with Crippen LogP contribution in [-0.4, -0.2) is 38.8 Å². The molecule has 25 heavy (non-hydrogen) atoms. The number of carbonyl (C=O) groups is 1. The van der Waals surface area contributed by atoms with Crippen LogP contribution in [0.15, 0.2) is 48.8 Å². The van der Waals surface area contributed by atoms with Gasteiger partial charge in [-0.1, -0.05) is 44.2 Å². The fourth-order valence-electron chi connectivity index (χ4n) is 2.69. The van der Waals surface area contributed by atoms with Gasteiger partial charge >= 0.3 is 0 Å². The second kappa shape index (κ2) is 7.03. The molecule has 130 valence electrons. The van der Waals surface area contributed by atoms with Crippen LogP contribution in [0.5, 0.6) is 0 Å². The molecule has 0 unspecified atom stereocenters. The van der Waals surface area contributed by atoms with Crippen molar-refractivity contribution >= 4 is 11.6 Å². The number of hydrogen-bond donors (Lipinski definition) is 2. The minimum absolute atomic E-state index is 0.0988. The van der Waals surface area contributed by atoms with E-state index in [1.54, 1.807) is 16.9 Å². The highest BCUT2D eigenvalue weighted by Crippen LogP contribution is 2.21. The molecule has 3 rings (SSSR count). The van der Waals surface area contributed by atoms with E-state index in [2.05, 4.69) is 15.4 Å². The number of rotatable bonds is 6. The van der Waals surface area contributed by atoms with Gasteiger partial charge in [-0.05, 0) is 17.9 Å². The monoisotopic (exact) mass is 338 g/mol. The number of nitrogens with one attached hydrogen (secondary N) is 1. The number of aliphatic hydroxyl groups is 1. The third kappa shape index (κ3) is 3.69. The van der Waals surface area contributed by atoms with E-state index in [0.29, 0.717) is 24.2 Å². The maximum absolute atomic E-state index is 12.6. The number of fused-ring (bicyclic) bond motifs is 1. The van der Waals surface area contributed by atoms with Gasteiger partial charge in [-0.2, -0.15) is 5.10 Å². The van der Waals surface area contributed by atoms with Crippen LogP contribution in [0.25, 0.3) is 16.9 Å².